The van der Waals surface area contributed by atoms with Crippen LogP contribution in [0.3, 0.4) is 0 Å². The number of carbonyl (C=O) groups is 1. The molecule has 0 fully saturated rings. The zero-order valence-electron chi connectivity index (χ0n) is 11.6. The first-order valence-corrected chi connectivity index (χ1v) is 6.84. The lowest BCUT2D eigenvalue weighted by Gasteiger charge is -2.08. The summed E-state index contributed by atoms with van der Waals surface area (Å²) in [5.41, 5.74) is 2.70. The number of ether oxygens (including phenoxy) is 1. The van der Waals surface area contributed by atoms with Crippen LogP contribution >= 0.6 is 0 Å². The second-order valence-corrected chi connectivity index (χ2v) is 4.56. The van der Waals surface area contributed by atoms with Crippen LogP contribution in [0.4, 0.5) is 5.69 Å². The van der Waals surface area contributed by atoms with Crippen LogP contribution in [0.15, 0.2) is 54.6 Å². The molecule has 0 aromatic heterocycles. The fourth-order valence-electron chi connectivity index (χ4n) is 1.83. The number of hydrogen-bond donors (Lipinski definition) is 1. The Hall–Kier alpha value is -2.29. The molecule has 0 aliphatic rings. The molecule has 0 saturated heterocycles. The molecular formula is C17H19NO2. The minimum absolute atomic E-state index is 0.268. The van der Waals surface area contributed by atoms with Gasteiger partial charge in [0.2, 0.25) is 0 Å². The van der Waals surface area contributed by atoms with Crippen LogP contribution in [0.2, 0.25) is 0 Å². The smallest absolute Gasteiger partial charge is 0.338 e. The zero-order chi connectivity index (χ0) is 14.2. The standard InChI is InChI=1S/C17H19NO2/c1-2-11-20-17(19)15-9-6-10-16(12-15)18-13-14-7-4-3-5-8-14/h3-10,12,18H,2,11,13H2,1H3. The van der Waals surface area contributed by atoms with E-state index in [1.54, 1.807) is 6.07 Å². The fourth-order valence-corrected chi connectivity index (χ4v) is 1.83. The summed E-state index contributed by atoms with van der Waals surface area (Å²) < 4.78 is 5.13. The molecule has 0 heterocycles. The molecule has 3 nitrogen and oxygen atoms in total. The lowest BCUT2D eigenvalue weighted by Crippen LogP contribution is -2.07. The van der Waals surface area contributed by atoms with E-state index in [1.807, 2.05) is 43.3 Å². The zero-order valence-corrected chi connectivity index (χ0v) is 11.6. The minimum Gasteiger partial charge on any atom is -0.462 e. The highest BCUT2D eigenvalue weighted by Gasteiger charge is 2.06. The average molecular weight is 269 g/mol. The molecule has 2 rings (SSSR count). The number of carbonyl (C=O) groups excluding carboxylic acids is 1. The van der Waals surface area contributed by atoms with Gasteiger partial charge in [0, 0.05) is 12.2 Å². The summed E-state index contributed by atoms with van der Waals surface area (Å²) in [7, 11) is 0. The van der Waals surface area contributed by atoms with Crippen molar-refractivity contribution < 1.29 is 9.53 Å². The molecule has 104 valence electrons. The Morgan fingerprint density at radius 1 is 1.10 bits per heavy atom. The van der Waals surface area contributed by atoms with Crippen LogP contribution in [0, 0.1) is 0 Å². The molecule has 0 bridgehead atoms. The third-order valence-corrected chi connectivity index (χ3v) is 2.88. The SMILES string of the molecule is CCCOC(=O)c1cccc(NCc2ccccc2)c1. The first-order chi connectivity index (χ1) is 9.79. The van der Waals surface area contributed by atoms with Gasteiger partial charge in [-0.2, -0.15) is 0 Å². The Morgan fingerprint density at radius 2 is 1.90 bits per heavy atom. The first kappa shape index (κ1) is 14.1. The van der Waals surface area contributed by atoms with E-state index in [0.29, 0.717) is 12.2 Å². The Labute approximate surface area is 119 Å². The number of esters is 1. The Kier molecular flexibility index (Phi) is 5.18. The van der Waals surface area contributed by atoms with Crippen LogP contribution in [0.25, 0.3) is 0 Å². The molecule has 0 spiro atoms. The Morgan fingerprint density at radius 3 is 2.65 bits per heavy atom. The van der Waals surface area contributed by atoms with Crippen molar-refractivity contribution >= 4 is 11.7 Å². The van der Waals surface area contributed by atoms with Crippen molar-refractivity contribution in [2.45, 2.75) is 19.9 Å². The maximum atomic E-state index is 11.8. The van der Waals surface area contributed by atoms with Crippen LogP contribution in [-0.2, 0) is 11.3 Å². The van der Waals surface area contributed by atoms with Crippen molar-refractivity contribution in [1.29, 1.82) is 0 Å². The molecule has 0 aliphatic heterocycles. The van der Waals surface area contributed by atoms with E-state index in [4.69, 9.17) is 4.74 Å². The monoisotopic (exact) mass is 269 g/mol. The third kappa shape index (κ3) is 4.12. The highest BCUT2D eigenvalue weighted by molar-refractivity contribution is 5.90. The molecule has 2 aromatic rings. The van der Waals surface area contributed by atoms with Gasteiger partial charge in [-0.05, 0) is 30.2 Å². The molecule has 0 radical (unpaired) electrons. The Balaban J connectivity index is 1.97. The minimum atomic E-state index is -0.268. The van der Waals surface area contributed by atoms with Gasteiger partial charge in [0.25, 0.3) is 0 Å². The molecule has 0 amide bonds. The summed E-state index contributed by atoms with van der Waals surface area (Å²) in [4.78, 5) is 11.8. The van der Waals surface area contributed by atoms with Crippen LogP contribution < -0.4 is 5.32 Å². The van der Waals surface area contributed by atoms with Gasteiger partial charge in [-0.15, -0.1) is 0 Å². The van der Waals surface area contributed by atoms with Crippen LogP contribution in [0.5, 0.6) is 0 Å². The van der Waals surface area contributed by atoms with E-state index in [0.717, 1.165) is 18.7 Å². The number of benzene rings is 2. The van der Waals surface area contributed by atoms with Crippen molar-refractivity contribution in [2.75, 3.05) is 11.9 Å². The number of hydrogen-bond acceptors (Lipinski definition) is 3. The predicted octanol–water partition coefficient (Wildman–Crippen LogP) is 3.87. The predicted molar refractivity (Wildman–Crippen MR) is 80.8 cm³/mol. The molecule has 0 unspecified atom stereocenters. The van der Waals surface area contributed by atoms with Gasteiger partial charge in [0.05, 0.1) is 12.2 Å². The van der Waals surface area contributed by atoms with Gasteiger partial charge < -0.3 is 10.1 Å². The van der Waals surface area contributed by atoms with Gasteiger partial charge in [-0.1, -0.05) is 43.3 Å². The summed E-state index contributed by atoms with van der Waals surface area (Å²) in [6, 6.07) is 17.5. The molecule has 0 atom stereocenters. The van der Waals surface area contributed by atoms with Crippen molar-refractivity contribution in [3.05, 3.63) is 65.7 Å². The number of rotatable bonds is 6. The van der Waals surface area contributed by atoms with Crippen LogP contribution in [-0.4, -0.2) is 12.6 Å². The van der Waals surface area contributed by atoms with E-state index >= 15 is 0 Å². The molecule has 20 heavy (non-hydrogen) atoms. The average Bonchev–Trinajstić information content (AvgIpc) is 2.52. The summed E-state index contributed by atoms with van der Waals surface area (Å²) in [6.45, 7) is 3.17. The van der Waals surface area contributed by atoms with Gasteiger partial charge >= 0.3 is 5.97 Å². The molecule has 0 aliphatic carbocycles. The quantitative estimate of drug-likeness (QED) is 0.809. The molecule has 3 heteroatoms. The topological polar surface area (TPSA) is 38.3 Å². The van der Waals surface area contributed by atoms with Crippen molar-refractivity contribution in [3.8, 4) is 0 Å². The largest absolute Gasteiger partial charge is 0.462 e. The highest BCUT2D eigenvalue weighted by atomic mass is 16.5. The molecule has 0 saturated carbocycles. The fraction of sp³-hybridized carbons (Fsp3) is 0.235. The number of nitrogens with one attached hydrogen (secondary N) is 1. The van der Waals surface area contributed by atoms with E-state index in [9.17, 15) is 4.79 Å². The van der Waals surface area contributed by atoms with Crippen LogP contribution in [0.1, 0.15) is 29.3 Å². The maximum absolute atomic E-state index is 11.8. The summed E-state index contributed by atoms with van der Waals surface area (Å²) in [5.74, 6) is -0.268. The van der Waals surface area contributed by atoms with Crippen molar-refractivity contribution in [2.24, 2.45) is 0 Å². The first-order valence-electron chi connectivity index (χ1n) is 6.84. The normalized spacial score (nSPS) is 10.1. The second kappa shape index (κ2) is 7.34. The third-order valence-electron chi connectivity index (χ3n) is 2.88. The lowest BCUT2D eigenvalue weighted by atomic mass is 10.2. The maximum Gasteiger partial charge on any atom is 0.338 e. The highest BCUT2D eigenvalue weighted by Crippen LogP contribution is 2.13. The molecular weight excluding hydrogens is 250 g/mol. The van der Waals surface area contributed by atoms with Gasteiger partial charge in [0.15, 0.2) is 0 Å². The summed E-state index contributed by atoms with van der Waals surface area (Å²) in [6.07, 6.45) is 0.831. The van der Waals surface area contributed by atoms with Crippen molar-refractivity contribution in [1.82, 2.24) is 0 Å². The van der Waals surface area contributed by atoms with E-state index in [2.05, 4.69) is 17.4 Å². The van der Waals surface area contributed by atoms with Gasteiger partial charge in [0.1, 0.15) is 0 Å². The molecule has 2 aromatic carbocycles. The van der Waals surface area contributed by atoms with E-state index < -0.39 is 0 Å². The van der Waals surface area contributed by atoms with E-state index in [-0.39, 0.29) is 5.97 Å². The number of anilines is 1. The molecule has 1 N–H and O–H groups in total. The van der Waals surface area contributed by atoms with Gasteiger partial charge in [-0.25, -0.2) is 4.79 Å². The summed E-state index contributed by atoms with van der Waals surface area (Å²) >= 11 is 0. The second-order valence-electron chi connectivity index (χ2n) is 4.56. The lowest BCUT2D eigenvalue weighted by molar-refractivity contribution is 0.0505. The van der Waals surface area contributed by atoms with E-state index in [1.165, 1.54) is 5.56 Å². The summed E-state index contributed by atoms with van der Waals surface area (Å²) in [5, 5.41) is 3.30. The van der Waals surface area contributed by atoms with Gasteiger partial charge in [-0.3, -0.25) is 0 Å². The Bertz CT molecular complexity index is 552. The van der Waals surface area contributed by atoms with Crippen molar-refractivity contribution in [3.63, 3.8) is 0 Å².